The fourth-order valence-corrected chi connectivity index (χ4v) is 2.32. The maximum absolute atomic E-state index is 12.1. The zero-order valence-corrected chi connectivity index (χ0v) is 11.5. The van der Waals surface area contributed by atoms with Crippen molar-refractivity contribution >= 4 is 5.91 Å². The van der Waals surface area contributed by atoms with Crippen LogP contribution in [0.3, 0.4) is 0 Å². The summed E-state index contributed by atoms with van der Waals surface area (Å²) in [6, 6.07) is 0.486. The van der Waals surface area contributed by atoms with Crippen molar-refractivity contribution in [3.8, 4) is 0 Å². The number of nitrogens with one attached hydrogen (secondary N) is 1. The molecular weight excluding hydrogens is 216 g/mol. The van der Waals surface area contributed by atoms with E-state index in [9.17, 15) is 4.79 Å². The molecule has 1 N–H and O–H groups in total. The molecule has 1 amide bonds. The molecule has 1 aliphatic rings. The first-order valence-corrected chi connectivity index (χ1v) is 6.54. The molecule has 0 aromatic rings. The minimum atomic E-state index is 0.145. The van der Waals surface area contributed by atoms with Crippen LogP contribution in [0.5, 0.6) is 0 Å². The van der Waals surface area contributed by atoms with Crippen LogP contribution in [0.4, 0.5) is 0 Å². The molecule has 100 valence electrons. The molecule has 0 bridgehead atoms. The van der Waals surface area contributed by atoms with Gasteiger partial charge in [-0.25, -0.2) is 0 Å². The fourth-order valence-electron chi connectivity index (χ4n) is 2.32. The van der Waals surface area contributed by atoms with E-state index in [2.05, 4.69) is 12.2 Å². The third kappa shape index (κ3) is 4.28. The van der Waals surface area contributed by atoms with Crippen LogP contribution in [-0.4, -0.2) is 50.2 Å². The second-order valence-electron chi connectivity index (χ2n) is 5.19. The first kappa shape index (κ1) is 14.5. The van der Waals surface area contributed by atoms with E-state index in [0.717, 1.165) is 6.54 Å². The van der Waals surface area contributed by atoms with Crippen molar-refractivity contribution in [3.05, 3.63) is 0 Å². The van der Waals surface area contributed by atoms with E-state index in [1.165, 1.54) is 12.8 Å². The van der Waals surface area contributed by atoms with Crippen molar-refractivity contribution in [2.45, 2.75) is 45.2 Å². The van der Waals surface area contributed by atoms with E-state index < -0.39 is 0 Å². The van der Waals surface area contributed by atoms with Crippen molar-refractivity contribution in [3.63, 3.8) is 0 Å². The molecule has 0 aromatic carbocycles. The SMILES string of the molecule is COCC(C)N(C)C(=O)CC1NCCCC1C. The van der Waals surface area contributed by atoms with E-state index in [0.29, 0.717) is 25.0 Å². The lowest BCUT2D eigenvalue weighted by atomic mass is 9.90. The Kier molecular flexibility index (Phi) is 5.92. The number of hydrogen-bond acceptors (Lipinski definition) is 3. The van der Waals surface area contributed by atoms with Crippen LogP contribution in [0, 0.1) is 5.92 Å². The quantitative estimate of drug-likeness (QED) is 0.789. The van der Waals surface area contributed by atoms with Crippen LogP contribution < -0.4 is 5.32 Å². The van der Waals surface area contributed by atoms with Gasteiger partial charge in [0.2, 0.25) is 5.91 Å². The number of hydrogen-bond donors (Lipinski definition) is 1. The molecule has 4 nitrogen and oxygen atoms in total. The molecule has 1 aliphatic heterocycles. The zero-order valence-electron chi connectivity index (χ0n) is 11.5. The van der Waals surface area contributed by atoms with Crippen molar-refractivity contribution in [1.82, 2.24) is 10.2 Å². The summed E-state index contributed by atoms with van der Waals surface area (Å²) in [5.74, 6) is 0.805. The lowest BCUT2D eigenvalue weighted by molar-refractivity contribution is -0.133. The molecule has 3 atom stereocenters. The molecule has 17 heavy (non-hydrogen) atoms. The van der Waals surface area contributed by atoms with Crippen LogP contribution >= 0.6 is 0 Å². The van der Waals surface area contributed by atoms with Gasteiger partial charge in [-0.15, -0.1) is 0 Å². The van der Waals surface area contributed by atoms with Crippen molar-refractivity contribution in [2.75, 3.05) is 27.3 Å². The van der Waals surface area contributed by atoms with E-state index in [4.69, 9.17) is 4.74 Å². The highest BCUT2D eigenvalue weighted by Gasteiger charge is 2.25. The van der Waals surface area contributed by atoms with Gasteiger partial charge in [0.25, 0.3) is 0 Å². The molecule has 1 heterocycles. The summed E-state index contributed by atoms with van der Waals surface area (Å²) in [7, 11) is 3.53. The Morgan fingerprint density at radius 2 is 2.29 bits per heavy atom. The topological polar surface area (TPSA) is 41.6 Å². The maximum Gasteiger partial charge on any atom is 0.224 e. The Bertz CT molecular complexity index is 246. The molecule has 0 aromatic heterocycles. The predicted octanol–water partition coefficient (Wildman–Crippen LogP) is 1.26. The van der Waals surface area contributed by atoms with Crippen LogP contribution in [-0.2, 0) is 9.53 Å². The summed E-state index contributed by atoms with van der Waals surface area (Å²) < 4.78 is 5.08. The highest BCUT2D eigenvalue weighted by atomic mass is 16.5. The molecule has 0 aliphatic carbocycles. The van der Waals surface area contributed by atoms with Crippen molar-refractivity contribution in [2.24, 2.45) is 5.92 Å². The second kappa shape index (κ2) is 6.97. The zero-order chi connectivity index (χ0) is 12.8. The molecule has 3 unspecified atom stereocenters. The van der Waals surface area contributed by atoms with E-state index in [1.807, 2.05) is 14.0 Å². The summed E-state index contributed by atoms with van der Waals surface area (Å²) in [6.07, 6.45) is 3.05. The van der Waals surface area contributed by atoms with E-state index in [1.54, 1.807) is 12.0 Å². The second-order valence-corrected chi connectivity index (χ2v) is 5.19. The van der Waals surface area contributed by atoms with Gasteiger partial charge >= 0.3 is 0 Å². The Balaban J connectivity index is 2.41. The summed E-state index contributed by atoms with van der Waals surface area (Å²) >= 11 is 0. The molecule has 1 saturated heterocycles. The minimum absolute atomic E-state index is 0.145. The van der Waals surface area contributed by atoms with Crippen LogP contribution in [0.25, 0.3) is 0 Å². The van der Waals surface area contributed by atoms with Gasteiger partial charge in [0.05, 0.1) is 12.6 Å². The number of carbonyl (C=O) groups excluding carboxylic acids is 1. The fraction of sp³-hybridized carbons (Fsp3) is 0.923. The average molecular weight is 242 g/mol. The highest BCUT2D eigenvalue weighted by molar-refractivity contribution is 5.76. The van der Waals surface area contributed by atoms with Crippen LogP contribution in [0.15, 0.2) is 0 Å². The Labute approximate surface area is 105 Å². The van der Waals surface area contributed by atoms with Crippen molar-refractivity contribution < 1.29 is 9.53 Å². The molecule has 0 spiro atoms. The van der Waals surface area contributed by atoms with Gasteiger partial charge in [-0.05, 0) is 32.2 Å². The van der Waals surface area contributed by atoms with Gasteiger partial charge < -0.3 is 15.0 Å². The summed E-state index contributed by atoms with van der Waals surface area (Å²) in [6.45, 7) is 5.87. The van der Waals surface area contributed by atoms with Crippen molar-refractivity contribution in [1.29, 1.82) is 0 Å². The van der Waals surface area contributed by atoms with Gasteiger partial charge in [0.1, 0.15) is 0 Å². The predicted molar refractivity (Wildman–Crippen MR) is 68.9 cm³/mol. The standard InChI is InChI=1S/C13H26N2O2/c1-10-6-5-7-14-12(10)8-13(16)15(3)11(2)9-17-4/h10-12,14H,5-9H2,1-4H3. The van der Waals surface area contributed by atoms with Gasteiger partial charge in [0, 0.05) is 26.6 Å². The molecule has 0 saturated carbocycles. The Morgan fingerprint density at radius 3 is 2.88 bits per heavy atom. The third-order valence-electron chi connectivity index (χ3n) is 3.79. The monoisotopic (exact) mass is 242 g/mol. The minimum Gasteiger partial charge on any atom is -0.383 e. The van der Waals surface area contributed by atoms with E-state index in [-0.39, 0.29) is 11.9 Å². The summed E-state index contributed by atoms with van der Waals surface area (Å²) in [5.41, 5.74) is 0. The number of piperidine rings is 1. The number of nitrogens with zero attached hydrogens (tertiary/aromatic N) is 1. The van der Waals surface area contributed by atoms with Gasteiger partial charge in [-0.3, -0.25) is 4.79 Å². The number of methoxy groups -OCH3 is 1. The molecular formula is C13H26N2O2. The molecule has 0 radical (unpaired) electrons. The molecule has 1 fully saturated rings. The summed E-state index contributed by atoms with van der Waals surface area (Å²) in [5, 5.41) is 3.45. The maximum atomic E-state index is 12.1. The summed E-state index contributed by atoms with van der Waals surface area (Å²) in [4.78, 5) is 13.9. The van der Waals surface area contributed by atoms with Gasteiger partial charge in [-0.1, -0.05) is 6.92 Å². The number of likely N-dealkylation sites (N-methyl/N-ethyl adjacent to an activating group) is 1. The number of carbonyl (C=O) groups is 1. The lowest BCUT2D eigenvalue weighted by Crippen LogP contribution is -2.46. The lowest BCUT2D eigenvalue weighted by Gasteiger charge is -2.32. The molecule has 4 heteroatoms. The largest absolute Gasteiger partial charge is 0.383 e. The third-order valence-corrected chi connectivity index (χ3v) is 3.79. The number of ether oxygens (including phenoxy) is 1. The van der Waals surface area contributed by atoms with Crippen LogP contribution in [0.1, 0.15) is 33.1 Å². The van der Waals surface area contributed by atoms with Gasteiger partial charge in [-0.2, -0.15) is 0 Å². The average Bonchev–Trinajstić information content (AvgIpc) is 2.31. The number of rotatable bonds is 5. The Morgan fingerprint density at radius 1 is 1.59 bits per heavy atom. The Hall–Kier alpha value is -0.610. The molecule has 1 rings (SSSR count). The highest BCUT2D eigenvalue weighted by Crippen LogP contribution is 2.18. The smallest absolute Gasteiger partial charge is 0.224 e. The first-order chi connectivity index (χ1) is 8.06. The van der Waals surface area contributed by atoms with E-state index >= 15 is 0 Å². The number of amides is 1. The normalized spacial score (nSPS) is 26.6. The first-order valence-electron chi connectivity index (χ1n) is 6.54. The van der Waals surface area contributed by atoms with Gasteiger partial charge in [0.15, 0.2) is 0 Å². The van der Waals surface area contributed by atoms with Crippen LogP contribution in [0.2, 0.25) is 0 Å².